The van der Waals surface area contributed by atoms with Crippen LogP contribution in [0.5, 0.6) is 0 Å². The molecule has 6 heteroatoms. The first-order valence-corrected chi connectivity index (χ1v) is 13.8. The summed E-state index contributed by atoms with van der Waals surface area (Å²) in [6, 6.07) is 28.0. The van der Waals surface area contributed by atoms with E-state index in [-0.39, 0.29) is 22.3 Å². The zero-order chi connectivity index (χ0) is 27.1. The molecule has 2 spiro atoms. The van der Waals surface area contributed by atoms with Gasteiger partial charge in [-0.25, -0.2) is 0 Å². The van der Waals surface area contributed by atoms with E-state index in [2.05, 4.69) is 22.6 Å². The minimum Gasteiger partial charge on any atom is -0.348 e. The molecule has 1 heterocycles. The highest BCUT2D eigenvalue weighted by Crippen LogP contribution is 2.67. The van der Waals surface area contributed by atoms with Gasteiger partial charge in [-0.15, -0.1) is 0 Å². The average Bonchev–Trinajstić information content (AvgIpc) is 3.48. The van der Waals surface area contributed by atoms with Gasteiger partial charge in [-0.05, 0) is 52.8 Å². The Bertz CT molecular complexity index is 1660. The van der Waals surface area contributed by atoms with Crippen LogP contribution in [-0.2, 0) is 4.74 Å². The average molecular weight is 624 g/mol. The van der Waals surface area contributed by atoms with Gasteiger partial charge in [0.15, 0.2) is 11.6 Å². The minimum atomic E-state index is -2.07. The van der Waals surface area contributed by atoms with Crippen molar-refractivity contribution in [1.82, 2.24) is 0 Å². The van der Waals surface area contributed by atoms with Crippen molar-refractivity contribution in [1.29, 1.82) is 0 Å². The van der Waals surface area contributed by atoms with E-state index in [4.69, 9.17) is 4.74 Å². The second-order valence-corrected chi connectivity index (χ2v) is 11.7. The number of benzene rings is 4. The Morgan fingerprint density at radius 1 is 0.590 bits per heavy atom. The zero-order valence-electron chi connectivity index (χ0n) is 20.8. The molecule has 7 rings (SSSR count). The molecule has 0 N–H and O–H groups in total. The summed E-state index contributed by atoms with van der Waals surface area (Å²) in [6.07, 6.45) is -1.16. The van der Waals surface area contributed by atoms with Crippen molar-refractivity contribution in [2.45, 2.75) is 24.5 Å². The Morgan fingerprint density at radius 2 is 1.03 bits per heavy atom. The molecule has 1 aliphatic heterocycles. The number of ketones is 4. The molecule has 0 bridgehead atoms. The molecule has 0 saturated carbocycles. The smallest absolute Gasteiger partial charge is 0.204 e. The first-order valence-electron chi connectivity index (χ1n) is 12.7. The van der Waals surface area contributed by atoms with Crippen LogP contribution in [0.3, 0.4) is 0 Å². The summed E-state index contributed by atoms with van der Waals surface area (Å²) in [4.78, 5) is 58.0. The summed E-state index contributed by atoms with van der Waals surface area (Å²) in [5.41, 5.74) is -0.771. The Hall–Kier alpha value is -3.75. The second kappa shape index (κ2) is 8.37. The number of ether oxygens (including phenoxy) is 1. The fourth-order valence-electron chi connectivity index (χ4n) is 6.72. The largest absolute Gasteiger partial charge is 0.348 e. The maximum atomic E-state index is 14.6. The molecule has 4 aromatic carbocycles. The maximum absolute atomic E-state index is 14.6. The third kappa shape index (κ3) is 2.98. The van der Waals surface area contributed by atoms with Gasteiger partial charge in [0.25, 0.3) is 0 Å². The number of rotatable bonds is 2. The quantitative estimate of drug-likeness (QED) is 0.192. The van der Waals surface area contributed by atoms with Gasteiger partial charge in [0.05, 0.1) is 5.92 Å². The highest BCUT2D eigenvalue weighted by molar-refractivity contribution is 14.1. The van der Waals surface area contributed by atoms with Crippen LogP contribution in [0.15, 0.2) is 97.1 Å². The van der Waals surface area contributed by atoms with E-state index in [9.17, 15) is 19.2 Å². The van der Waals surface area contributed by atoms with Gasteiger partial charge >= 0.3 is 0 Å². The predicted molar refractivity (Wildman–Crippen MR) is 152 cm³/mol. The van der Waals surface area contributed by atoms with E-state index >= 15 is 0 Å². The lowest BCUT2D eigenvalue weighted by Gasteiger charge is -2.34. The SMILES string of the molecule is Cc1ccc([C@@H]2OC3(C(=O)c4ccccc4C3=O)[C@@H](c3ccc(I)cc3)C23C(=O)c2ccccc2C3=O)cc1. The molecule has 5 nitrogen and oxygen atoms in total. The van der Waals surface area contributed by atoms with Crippen molar-refractivity contribution >= 4 is 45.7 Å². The lowest BCUT2D eigenvalue weighted by Crippen LogP contribution is -2.51. The van der Waals surface area contributed by atoms with Crippen LogP contribution in [0.2, 0.25) is 0 Å². The molecule has 0 aromatic heterocycles. The van der Waals surface area contributed by atoms with E-state index < -0.39 is 46.2 Å². The number of aryl methyl sites for hydroxylation is 1. The monoisotopic (exact) mass is 624 g/mol. The van der Waals surface area contributed by atoms with Crippen LogP contribution in [0, 0.1) is 15.9 Å². The molecule has 2 aliphatic carbocycles. The fraction of sp³-hybridized carbons (Fsp3) is 0.152. The van der Waals surface area contributed by atoms with E-state index in [1.807, 2.05) is 43.3 Å². The number of carbonyl (C=O) groups is 4. The number of hydrogen-bond acceptors (Lipinski definition) is 5. The lowest BCUT2D eigenvalue weighted by atomic mass is 9.60. The van der Waals surface area contributed by atoms with E-state index in [1.165, 1.54) is 0 Å². The lowest BCUT2D eigenvalue weighted by molar-refractivity contribution is -0.0210. The molecular weight excluding hydrogens is 603 g/mol. The maximum Gasteiger partial charge on any atom is 0.204 e. The van der Waals surface area contributed by atoms with Gasteiger partial charge in [0.2, 0.25) is 17.2 Å². The molecule has 1 fully saturated rings. The first kappa shape index (κ1) is 24.3. The summed E-state index contributed by atoms with van der Waals surface area (Å²) in [5.74, 6) is -3.06. The Balaban J connectivity index is 1.59. The fourth-order valence-corrected chi connectivity index (χ4v) is 7.08. The molecule has 2 atom stereocenters. The molecule has 0 radical (unpaired) electrons. The Kier molecular flexibility index (Phi) is 5.22. The molecule has 190 valence electrons. The Morgan fingerprint density at radius 3 is 1.51 bits per heavy atom. The van der Waals surface area contributed by atoms with Crippen LogP contribution in [0.4, 0.5) is 0 Å². The highest BCUT2D eigenvalue weighted by Gasteiger charge is 2.79. The van der Waals surface area contributed by atoms with Gasteiger partial charge < -0.3 is 4.74 Å². The van der Waals surface area contributed by atoms with Crippen LogP contribution in [0.25, 0.3) is 0 Å². The number of halogens is 1. The first-order chi connectivity index (χ1) is 18.8. The van der Waals surface area contributed by atoms with Crippen molar-refractivity contribution in [3.63, 3.8) is 0 Å². The molecule has 1 saturated heterocycles. The summed E-state index contributed by atoms with van der Waals surface area (Å²) < 4.78 is 7.65. The predicted octanol–water partition coefficient (Wildman–Crippen LogP) is 6.34. The molecule has 0 unspecified atom stereocenters. The van der Waals surface area contributed by atoms with Crippen molar-refractivity contribution in [3.05, 3.63) is 140 Å². The minimum absolute atomic E-state index is 0.244. The van der Waals surface area contributed by atoms with Crippen molar-refractivity contribution in [2.75, 3.05) is 0 Å². The molecular formula is C33H21IO5. The number of hydrogen-bond donors (Lipinski definition) is 0. The number of Topliss-reactive ketones (excluding diaryl/α,β-unsaturated/α-hetero) is 4. The summed E-state index contributed by atoms with van der Waals surface area (Å²) in [5, 5.41) is 0. The Labute approximate surface area is 238 Å². The third-order valence-electron chi connectivity index (χ3n) is 8.42. The van der Waals surface area contributed by atoms with Gasteiger partial charge in [-0.2, -0.15) is 0 Å². The molecule has 4 aromatic rings. The van der Waals surface area contributed by atoms with Crippen LogP contribution in [0.1, 0.15) is 70.1 Å². The number of carbonyl (C=O) groups excluding carboxylic acids is 4. The summed E-state index contributed by atoms with van der Waals surface area (Å²) in [6.45, 7) is 1.94. The topological polar surface area (TPSA) is 77.5 Å². The van der Waals surface area contributed by atoms with E-state index in [0.717, 1.165) is 9.13 Å². The second-order valence-electron chi connectivity index (χ2n) is 10.4. The highest BCUT2D eigenvalue weighted by atomic mass is 127. The molecule has 0 amide bonds. The summed E-state index contributed by atoms with van der Waals surface area (Å²) in [7, 11) is 0. The standard InChI is InChI=1S/C33H21IO5/c1-18-10-12-20(13-11-18)31-32(27(35)22-6-2-3-7-23(22)28(32)36)26(19-14-16-21(34)17-15-19)33(39-31)29(37)24-8-4-5-9-25(24)30(33)38/h2-17,26,31H,1H3/t26-,31-/m0/s1. The van der Waals surface area contributed by atoms with E-state index in [1.54, 1.807) is 60.7 Å². The van der Waals surface area contributed by atoms with Crippen LogP contribution >= 0.6 is 22.6 Å². The van der Waals surface area contributed by atoms with Gasteiger partial charge in [-0.3, -0.25) is 19.2 Å². The summed E-state index contributed by atoms with van der Waals surface area (Å²) >= 11 is 2.17. The number of fused-ring (bicyclic) bond motifs is 2. The van der Waals surface area contributed by atoms with Gasteiger partial charge in [-0.1, -0.05) is 90.5 Å². The van der Waals surface area contributed by atoms with Crippen LogP contribution < -0.4 is 0 Å². The molecule has 3 aliphatic rings. The van der Waals surface area contributed by atoms with Gasteiger partial charge in [0.1, 0.15) is 11.5 Å². The van der Waals surface area contributed by atoms with Crippen molar-refractivity contribution in [3.8, 4) is 0 Å². The van der Waals surface area contributed by atoms with Crippen LogP contribution in [-0.4, -0.2) is 28.7 Å². The zero-order valence-corrected chi connectivity index (χ0v) is 23.0. The van der Waals surface area contributed by atoms with Gasteiger partial charge in [0, 0.05) is 25.8 Å². The third-order valence-corrected chi connectivity index (χ3v) is 9.14. The van der Waals surface area contributed by atoms with Crippen molar-refractivity contribution in [2.24, 2.45) is 5.41 Å². The van der Waals surface area contributed by atoms with E-state index in [0.29, 0.717) is 11.1 Å². The van der Waals surface area contributed by atoms with Crippen molar-refractivity contribution < 1.29 is 23.9 Å². The molecule has 39 heavy (non-hydrogen) atoms. The normalized spacial score (nSPS) is 22.1.